The van der Waals surface area contributed by atoms with Gasteiger partial charge in [-0.1, -0.05) is 76.6 Å². The molecule has 41 heavy (non-hydrogen) atoms. The molecule has 4 aromatic carbocycles. The van der Waals surface area contributed by atoms with E-state index < -0.39 is 40.2 Å². The maximum absolute atomic E-state index is 14.2. The quantitative estimate of drug-likeness (QED) is 0.246. The lowest BCUT2D eigenvalue weighted by Crippen LogP contribution is -2.53. The fraction of sp³-hybridized carbons (Fsp3) is 0.161. The molecular weight excluding hydrogens is 609 g/mol. The van der Waals surface area contributed by atoms with Crippen molar-refractivity contribution in [1.29, 1.82) is 0 Å². The van der Waals surface area contributed by atoms with Crippen molar-refractivity contribution in [3.63, 3.8) is 0 Å². The summed E-state index contributed by atoms with van der Waals surface area (Å²) in [4.78, 5) is 28.7. The molecule has 0 saturated carbocycles. The lowest BCUT2D eigenvalue weighted by Gasteiger charge is -2.33. The van der Waals surface area contributed by atoms with Crippen molar-refractivity contribution in [1.82, 2.24) is 10.2 Å². The van der Waals surface area contributed by atoms with Gasteiger partial charge in [0.15, 0.2) is 0 Å². The number of amides is 2. The Bertz CT molecular complexity index is 1570. The van der Waals surface area contributed by atoms with Gasteiger partial charge in [0.25, 0.3) is 10.0 Å². The molecular formula is C31H29BrFN3O4S. The molecule has 2 amide bonds. The van der Waals surface area contributed by atoms with E-state index in [2.05, 4.69) is 21.2 Å². The van der Waals surface area contributed by atoms with E-state index in [1.807, 2.05) is 30.3 Å². The highest BCUT2D eigenvalue weighted by molar-refractivity contribution is 9.10. The third kappa shape index (κ3) is 7.59. The Balaban J connectivity index is 1.77. The van der Waals surface area contributed by atoms with E-state index in [1.54, 1.807) is 42.5 Å². The first-order valence-corrected chi connectivity index (χ1v) is 15.0. The van der Waals surface area contributed by atoms with Crippen molar-refractivity contribution < 1.29 is 22.4 Å². The van der Waals surface area contributed by atoms with Crippen molar-refractivity contribution in [2.45, 2.75) is 23.9 Å². The van der Waals surface area contributed by atoms with Crippen LogP contribution < -0.4 is 9.62 Å². The Labute approximate surface area is 247 Å². The van der Waals surface area contributed by atoms with Crippen molar-refractivity contribution >= 4 is 43.5 Å². The summed E-state index contributed by atoms with van der Waals surface area (Å²) in [5, 5.41) is 2.63. The predicted molar refractivity (Wildman–Crippen MR) is 160 cm³/mol. The summed E-state index contributed by atoms with van der Waals surface area (Å²) >= 11 is 3.37. The zero-order chi connectivity index (χ0) is 29.4. The van der Waals surface area contributed by atoms with Crippen LogP contribution in [0.3, 0.4) is 0 Å². The van der Waals surface area contributed by atoms with Crippen molar-refractivity contribution in [3.05, 3.63) is 131 Å². The third-order valence-electron chi connectivity index (χ3n) is 6.51. The molecule has 0 aromatic heterocycles. The summed E-state index contributed by atoms with van der Waals surface area (Å²) in [5.74, 6) is -1.44. The van der Waals surface area contributed by atoms with Crippen molar-refractivity contribution in [2.24, 2.45) is 0 Å². The number of rotatable bonds is 11. The fourth-order valence-corrected chi connectivity index (χ4v) is 6.06. The molecule has 0 aliphatic heterocycles. The molecule has 0 heterocycles. The molecule has 4 aromatic rings. The molecule has 212 valence electrons. The first kappa shape index (κ1) is 30.0. The number of anilines is 1. The average molecular weight is 639 g/mol. The summed E-state index contributed by atoms with van der Waals surface area (Å²) in [6, 6.07) is 28.3. The smallest absolute Gasteiger partial charge is 0.264 e. The monoisotopic (exact) mass is 637 g/mol. The number of carbonyl (C=O) groups is 2. The number of halogens is 2. The molecule has 0 bridgehead atoms. The van der Waals surface area contributed by atoms with Gasteiger partial charge in [-0.25, -0.2) is 12.8 Å². The molecule has 0 saturated heterocycles. The van der Waals surface area contributed by atoms with Crippen LogP contribution in [0.5, 0.6) is 0 Å². The van der Waals surface area contributed by atoms with E-state index in [9.17, 15) is 22.4 Å². The van der Waals surface area contributed by atoms with Crippen LogP contribution in [0.2, 0.25) is 0 Å². The molecule has 0 radical (unpaired) electrons. The summed E-state index contributed by atoms with van der Waals surface area (Å²) in [6.45, 7) is -0.605. The van der Waals surface area contributed by atoms with Crippen molar-refractivity contribution in [3.8, 4) is 0 Å². The number of hydrogen-bond acceptors (Lipinski definition) is 4. The van der Waals surface area contributed by atoms with E-state index in [1.165, 1.54) is 48.3 Å². The number of sulfonamides is 1. The molecule has 0 spiro atoms. The summed E-state index contributed by atoms with van der Waals surface area (Å²) in [6.07, 6.45) is 0.192. The molecule has 4 rings (SSSR count). The van der Waals surface area contributed by atoms with Gasteiger partial charge in [0, 0.05) is 24.5 Å². The predicted octanol–water partition coefficient (Wildman–Crippen LogP) is 5.17. The number of nitrogens with zero attached hydrogens (tertiary/aromatic N) is 2. The SMILES string of the molecule is CNC(=O)[C@@H](Cc1ccccc1)N(Cc1ccc(F)cc1)C(=O)CN(c1ccc(Br)cc1)S(=O)(=O)c1ccccc1. The molecule has 0 aliphatic rings. The van der Waals surface area contributed by atoms with Gasteiger partial charge in [0.05, 0.1) is 10.6 Å². The number of hydrogen-bond donors (Lipinski definition) is 1. The van der Waals surface area contributed by atoms with E-state index >= 15 is 0 Å². The second-order valence-electron chi connectivity index (χ2n) is 9.27. The largest absolute Gasteiger partial charge is 0.357 e. The van der Waals surface area contributed by atoms with Gasteiger partial charge in [-0.3, -0.25) is 13.9 Å². The number of nitrogens with one attached hydrogen (secondary N) is 1. The van der Waals surface area contributed by atoms with E-state index in [0.717, 1.165) is 14.3 Å². The Kier molecular flexibility index (Phi) is 9.91. The van der Waals surface area contributed by atoms with E-state index in [0.29, 0.717) is 5.56 Å². The second-order valence-corrected chi connectivity index (χ2v) is 12.0. The van der Waals surface area contributed by atoms with Gasteiger partial charge in [0.1, 0.15) is 18.4 Å². The maximum atomic E-state index is 14.2. The van der Waals surface area contributed by atoms with Crippen LogP contribution in [0.25, 0.3) is 0 Å². The first-order chi connectivity index (χ1) is 19.7. The lowest BCUT2D eigenvalue weighted by atomic mass is 10.0. The van der Waals surface area contributed by atoms with Gasteiger partial charge in [-0.15, -0.1) is 0 Å². The highest BCUT2D eigenvalue weighted by Crippen LogP contribution is 2.26. The van der Waals surface area contributed by atoms with Crippen LogP contribution in [-0.2, 0) is 32.6 Å². The molecule has 0 unspecified atom stereocenters. The Morgan fingerprint density at radius 1 is 0.829 bits per heavy atom. The van der Waals surface area contributed by atoms with Crippen LogP contribution in [0.4, 0.5) is 10.1 Å². The molecule has 1 atom stereocenters. The van der Waals surface area contributed by atoms with Crippen LogP contribution >= 0.6 is 15.9 Å². The molecule has 0 fully saturated rings. The Hall–Kier alpha value is -4.02. The fourth-order valence-electron chi connectivity index (χ4n) is 4.36. The van der Waals surface area contributed by atoms with Crippen LogP contribution in [-0.4, -0.2) is 44.8 Å². The second kappa shape index (κ2) is 13.6. The van der Waals surface area contributed by atoms with Gasteiger partial charge in [0.2, 0.25) is 11.8 Å². The molecule has 0 aliphatic carbocycles. The van der Waals surface area contributed by atoms with Crippen molar-refractivity contribution in [2.75, 3.05) is 17.9 Å². The summed E-state index contributed by atoms with van der Waals surface area (Å²) in [5.41, 5.74) is 1.69. The number of likely N-dealkylation sites (N-methyl/N-ethyl adjacent to an activating group) is 1. The number of carbonyl (C=O) groups excluding carboxylic acids is 2. The van der Waals surface area contributed by atoms with E-state index in [-0.39, 0.29) is 23.5 Å². The standard InChI is InChI=1S/C31H29BrFN3O4S/c1-34-31(38)29(20-23-8-4-2-5-9-23)35(21-24-12-16-26(33)17-13-24)30(37)22-36(27-18-14-25(32)15-19-27)41(39,40)28-10-6-3-7-11-28/h2-19,29H,20-22H2,1H3,(H,34,38)/t29-/m1/s1. The molecule has 1 N–H and O–H groups in total. The maximum Gasteiger partial charge on any atom is 0.264 e. The molecule has 10 heteroatoms. The minimum atomic E-state index is -4.16. The molecule has 7 nitrogen and oxygen atoms in total. The highest BCUT2D eigenvalue weighted by atomic mass is 79.9. The number of benzene rings is 4. The highest BCUT2D eigenvalue weighted by Gasteiger charge is 2.34. The zero-order valence-corrected chi connectivity index (χ0v) is 24.7. The van der Waals surface area contributed by atoms with Gasteiger partial charge < -0.3 is 10.2 Å². The van der Waals surface area contributed by atoms with Gasteiger partial charge in [-0.2, -0.15) is 0 Å². The lowest BCUT2D eigenvalue weighted by molar-refractivity contribution is -0.139. The minimum absolute atomic E-state index is 0.0212. The third-order valence-corrected chi connectivity index (χ3v) is 8.83. The van der Waals surface area contributed by atoms with Crippen LogP contribution in [0.15, 0.2) is 119 Å². The topological polar surface area (TPSA) is 86.8 Å². The van der Waals surface area contributed by atoms with Crippen LogP contribution in [0, 0.1) is 5.82 Å². The first-order valence-electron chi connectivity index (χ1n) is 12.8. The van der Waals surface area contributed by atoms with Crippen LogP contribution in [0.1, 0.15) is 11.1 Å². The zero-order valence-electron chi connectivity index (χ0n) is 22.3. The minimum Gasteiger partial charge on any atom is -0.357 e. The Morgan fingerprint density at radius 3 is 2.00 bits per heavy atom. The average Bonchev–Trinajstić information content (AvgIpc) is 2.99. The summed E-state index contributed by atoms with van der Waals surface area (Å²) in [7, 11) is -2.68. The normalized spacial score (nSPS) is 11.9. The summed E-state index contributed by atoms with van der Waals surface area (Å²) < 4.78 is 43.1. The van der Waals surface area contributed by atoms with Gasteiger partial charge in [-0.05, 0) is 59.7 Å². The van der Waals surface area contributed by atoms with Gasteiger partial charge >= 0.3 is 0 Å². The van der Waals surface area contributed by atoms with E-state index in [4.69, 9.17) is 0 Å². The Morgan fingerprint density at radius 2 is 1.41 bits per heavy atom.